The predicted octanol–water partition coefficient (Wildman–Crippen LogP) is 2.25. The predicted molar refractivity (Wildman–Crippen MR) is 74.0 cm³/mol. The van der Waals surface area contributed by atoms with Crippen LogP contribution >= 0.6 is 15.9 Å². The lowest BCUT2D eigenvalue weighted by Crippen LogP contribution is -2.27. The SMILES string of the molecule is CCC(O)CCNC(=O)c1cc(Br)cc([N+](=O)[O-])c1. The van der Waals surface area contributed by atoms with Gasteiger partial charge in [-0.25, -0.2) is 0 Å². The van der Waals surface area contributed by atoms with Crippen LogP contribution in [-0.2, 0) is 0 Å². The highest BCUT2D eigenvalue weighted by Crippen LogP contribution is 2.21. The van der Waals surface area contributed by atoms with E-state index in [4.69, 9.17) is 0 Å². The van der Waals surface area contributed by atoms with Gasteiger partial charge in [0.2, 0.25) is 0 Å². The molecular weight excluding hydrogens is 316 g/mol. The van der Waals surface area contributed by atoms with Crippen molar-refractivity contribution in [2.24, 2.45) is 0 Å². The van der Waals surface area contributed by atoms with Gasteiger partial charge in [-0.1, -0.05) is 22.9 Å². The van der Waals surface area contributed by atoms with Gasteiger partial charge in [0.15, 0.2) is 0 Å². The van der Waals surface area contributed by atoms with E-state index in [9.17, 15) is 20.0 Å². The number of amides is 1. The Labute approximate surface area is 119 Å². The number of aliphatic hydroxyl groups excluding tert-OH is 1. The summed E-state index contributed by atoms with van der Waals surface area (Å²) in [4.78, 5) is 21.9. The standard InChI is InChI=1S/C12H15BrN2O4/c1-2-11(16)3-4-14-12(17)8-5-9(13)7-10(6-8)15(18)19/h5-7,11,16H,2-4H2,1H3,(H,14,17). The highest BCUT2D eigenvalue weighted by molar-refractivity contribution is 9.10. The molecule has 104 valence electrons. The first kappa shape index (κ1) is 15.6. The van der Waals surface area contributed by atoms with Crippen molar-refractivity contribution in [3.8, 4) is 0 Å². The molecule has 0 bridgehead atoms. The number of benzene rings is 1. The lowest BCUT2D eigenvalue weighted by molar-refractivity contribution is -0.385. The van der Waals surface area contributed by atoms with Crippen LogP contribution in [0.2, 0.25) is 0 Å². The molecule has 0 saturated heterocycles. The van der Waals surface area contributed by atoms with Crippen molar-refractivity contribution in [1.82, 2.24) is 5.32 Å². The van der Waals surface area contributed by atoms with E-state index in [1.165, 1.54) is 18.2 Å². The zero-order valence-corrected chi connectivity index (χ0v) is 12.0. The van der Waals surface area contributed by atoms with Gasteiger partial charge in [-0.05, 0) is 18.9 Å². The van der Waals surface area contributed by atoms with Gasteiger partial charge in [0.25, 0.3) is 11.6 Å². The largest absolute Gasteiger partial charge is 0.393 e. The highest BCUT2D eigenvalue weighted by Gasteiger charge is 2.13. The number of aliphatic hydroxyl groups is 1. The number of non-ortho nitro benzene ring substituents is 1. The molecule has 1 rings (SSSR count). The first-order valence-corrected chi connectivity index (χ1v) is 6.64. The third kappa shape index (κ3) is 4.96. The Morgan fingerprint density at radius 2 is 2.21 bits per heavy atom. The smallest absolute Gasteiger partial charge is 0.271 e. The zero-order valence-electron chi connectivity index (χ0n) is 10.4. The Bertz CT molecular complexity index is 479. The molecular formula is C12H15BrN2O4. The number of hydrogen-bond donors (Lipinski definition) is 2. The summed E-state index contributed by atoms with van der Waals surface area (Å²) in [6.07, 6.45) is 0.633. The zero-order chi connectivity index (χ0) is 14.4. The van der Waals surface area contributed by atoms with Crippen molar-refractivity contribution in [2.75, 3.05) is 6.54 Å². The molecule has 0 spiro atoms. The van der Waals surface area contributed by atoms with Gasteiger partial charge in [0, 0.05) is 28.7 Å². The maximum absolute atomic E-state index is 11.8. The number of carbonyl (C=O) groups excluding carboxylic acids is 1. The molecule has 1 aromatic rings. The van der Waals surface area contributed by atoms with E-state index in [0.717, 1.165) is 0 Å². The highest BCUT2D eigenvalue weighted by atomic mass is 79.9. The number of nitrogens with zero attached hydrogens (tertiary/aromatic N) is 1. The van der Waals surface area contributed by atoms with Gasteiger partial charge in [0.05, 0.1) is 11.0 Å². The van der Waals surface area contributed by atoms with Crippen LogP contribution in [-0.4, -0.2) is 28.6 Å². The minimum absolute atomic E-state index is 0.145. The summed E-state index contributed by atoms with van der Waals surface area (Å²) >= 11 is 3.13. The fourth-order valence-corrected chi connectivity index (χ4v) is 1.95. The number of nitro benzene ring substituents is 1. The van der Waals surface area contributed by atoms with Gasteiger partial charge in [-0.2, -0.15) is 0 Å². The summed E-state index contributed by atoms with van der Waals surface area (Å²) < 4.78 is 0.473. The van der Waals surface area contributed by atoms with Crippen molar-refractivity contribution in [3.63, 3.8) is 0 Å². The van der Waals surface area contributed by atoms with E-state index in [2.05, 4.69) is 21.2 Å². The first-order valence-electron chi connectivity index (χ1n) is 5.85. The average molecular weight is 331 g/mol. The topological polar surface area (TPSA) is 92.5 Å². The minimum atomic E-state index is -0.553. The Kier molecular flexibility index (Phi) is 5.91. The molecule has 6 nitrogen and oxygen atoms in total. The van der Waals surface area contributed by atoms with E-state index in [0.29, 0.717) is 23.9 Å². The summed E-state index contributed by atoms with van der Waals surface area (Å²) in [6.45, 7) is 2.18. The number of halogens is 1. The van der Waals surface area contributed by atoms with E-state index in [1.807, 2.05) is 6.92 Å². The van der Waals surface area contributed by atoms with Crippen LogP contribution in [0.15, 0.2) is 22.7 Å². The molecule has 1 aromatic carbocycles. The van der Waals surface area contributed by atoms with Crippen LogP contribution < -0.4 is 5.32 Å². The van der Waals surface area contributed by atoms with Crippen LogP contribution in [0.5, 0.6) is 0 Å². The van der Waals surface area contributed by atoms with E-state index < -0.39 is 16.9 Å². The Morgan fingerprint density at radius 3 is 2.79 bits per heavy atom. The van der Waals surface area contributed by atoms with Crippen molar-refractivity contribution in [3.05, 3.63) is 38.3 Å². The molecule has 0 radical (unpaired) electrons. The molecule has 0 aliphatic carbocycles. The second-order valence-corrected chi connectivity index (χ2v) is 4.98. The number of hydrogen-bond acceptors (Lipinski definition) is 4. The number of nitro groups is 1. The molecule has 2 N–H and O–H groups in total. The molecule has 0 aliphatic heterocycles. The molecule has 1 amide bonds. The molecule has 1 unspecified atom stereocenters. The molecule has 0 saturated carbocycles. The molecule has 19 heavy (non-hydrogen) atoms. The Morgan fingerprint density at radius 1 is 1.53 bits per heavy atom. The molecule has 1 atom stereocenters. The van der Waals surface area contributed by atoms with Crippen LogP contribution in [0, 0.1) is 10.1 Å². The van der Waals surface area contributed by atoms with Crippen molar-refractivity contribution in [1.29, 1.82) is 0 Å². The van der Waals surface area contributed by atoms with Crippen LogP contribution in [0.3, 0.4) is 0 Å². The average Bonchev–Trinajstić information content (AvgIpc) is 2.37. The van der Waals surface area contributed by atoms with E-state index in [-0.39, 0.29) is 11.3 Å². The summed E-state index contributed by atoms with van der Waals surface area (Å²) in [5.41, 5.74) is 0.0696. The van der Waals surface area contributed by atoms with Crippen molar-refractivity contribution in [2.45, 2.75) is 25.9 Å². The Balaban J connectivity index is 2.69. The third-order valence-corrected chi connectivity index (χ3v) is 3.05. The molecule has 7 heteroatoms. The molecule has 0 aromatic heterocycles. The van der Waals surface area contributed by atoms with E-state index >= 15 is 0 Å². The molecule has 0 fully saturated rings. The molecule has 0 aliphatic rings. The molecule has 0 heterocycles. The monoisotopic (exact) mass is 330 g/mol. The van der Waals surface area contributed by atoms with Gasteiger partial charge in [-0.15, -0.1) is 0 Å². The normalized spacial score (nSPS) is 11.9. The second-order valence-electron chi connectivity index (χ2n) is 4.06. The van der Waals surface area contributed by atoms with Crippen molar-refractivity contribution < 1.29 is 14.8 Å². The summed E-state index contributed by atoms with van der Waals surface area (Å²) in [7, 11) is 0. The second kappa shape index (κ2) is 7.20. The van der Waals surface area contributed by atoms with Crippen LogP contribution in [0.4, 0.5) is 5.69 Å². The first-order chi connectivity index (χ1) is 8.93. The maximum atomic E-state index is 11.8. The van der Waals surface area contributed by atoms with E-state index in [1.54, 1.807) is 0 Å². The van der Waals surface area contributed by atoms with Crippen molar-refractivity contribution >= 4 is 27.5 Å². The summed E-state index contributed by atoms with van der Waals surface area (Å²) in [6, 6.07) is 4.06. The van der Waals surface area contributed by atoms with Gasteiger partial charge < -0.3 is 10.4 Å². The summed E-state index contributed by atoms with van der Waals surface area (Å²) in [5.74, 6) is -0.396. The maximum Gasteiger partial charge on any atom is 0.271 e. The van der Waals surface area contributed by atoms with Gasteiger partial charge in [0.1, 0.15) is 0 Å². The quantitative estimate of drug-likeness (QED) is 0.618. The fourth-order valence-electron chi connectivity index (χ4n) is 1.47. The number of carbonyl (C=O) groups is 1. The number of rotatable bonds is 6. The van der Waals surface area contributed by atoms with Crippen LogP contribution in [0.1, 0.15) is 30.1 Å². The Hall–Kier alpha value is -1.47. The lowest BCUT2D eigenvalue weighted by atomic mass is 10.1. The fraction of sp³-hybridized carbons (Fsp3) is 0.417. The minimum Gasteiger partial charge on any atom is -0.393 e. The lowest BCUT2D eigenvalue weighted by Gasteiger charge is -2.09. The third-order valence-electron chi connectivity index (χ3n) is 2.59. The summed E-state index contributed by atoms with van der Waals surface area (Å²) in [5, 5.41) is 22.7. The van der Waals surface area contributed by atoms with Gasteiger partial charge in [-0.3, -0.25) is 14.9 Å². The van der Waals surface area contributed by atoms with Gasteiger partial charge >= 0.3 is 0 Å². The van der Waals surface area contributed by atoms with Crippen LogP contribution in [0.25, 0.3) is 0 Å². The number of nitrogens with one attached hydrogen (secondary N) is 1.